The standard InChI is InChI=1S/C18H12F2N2O.2ClH.Fe/c19-15-5-1-3-7-17(15)21-11-13-9-10-14(23-13)12-22-18-8-4-2-6-16(18)20;;;/h1-12H;2*1H;/q;;;+2/p-2. The van der Waals surface area contributed by atoms with Crippen LogP contribution in [0.3, 0.4) is 0 Å². The SMILES string of the molecule is Fc1ccccc1N=Cc1ccc(C=Nc2ccccc2F)o1.[Cl][Fe][Cl]. The van der Waals surface area contributed by atoms with E-state index in [-0.39, 0.29) is 24.5 Å². The van der Waals surface area contributed by atoms with Gasteiger partial charge in [-0.25, -0.2) is 18.8 Å². The van der Waals surface area contributed by atoms with Crippen molar-refractivity contribution in [2.24, 2.45) is 9.98 Å². The fourth-order valence-electron chi connectivity index (χ4n) is 1.89. The van der Waals surface area contributed by atoms with E-state index in [4.69, 9.17) is 24.6 Å². The summed E-state index contributed by atoms with van der Waals surface area (Å²) in [5.41, 5.74) is 0.455. The molecule has 2 aromatic carbocycles. The van der Waals surface area contributed by atoms with Crippen molar-refractivity contribution in [3.05, 3.63) is 83.8 Å². The third-order valence-corrected chi connectivity index (χ3v) is 3.01. The monoisotopic (exact) mass is 436 g/mol. The summed E-state index contributed by atoms with van der Waals surface area (Å²) < 4.78 is 32.3. The van der Waals surface area contributed by atoms with Gasteiger partial charge >= 0.3 is 33.3 Å². The number of hydrogen-bond acceptors (Lipinski definition) is 3. The Kier molecular flexibility index (Phi) is 8.51. The molecule has 0 spiro atoms. The molecule has 0 N–H and O–H groups in total. The zero-order chi connectivity index (χ0) is 18.8. The maximum atomic E-state index is 13.4. The Morgan fingerprint density at radius 3 is 1.50 bits per heavy atom. The summed E-state index contributed by atoms with van der Waals surface area (Å²) in [6.07, 6.45) is 2.83. The Hall–Kier alpha value is -1.98. The first-order chi connectivity index (χ1) is 12.6. The molecule has 0 aliphatic rings. The van der Waals surface area contributed by atoms with Crippen molar-refractivity contribution in [3.8, 4) is 0 Å². The molecule has 0 saturated heterocycles. The summed E-state index contributed by atoms with van der Waals surface area (Å²) in [6.45, 7) is 0. The Balaban J connectivity index is 0.000000758. The number of nitrogens with zero attached hydrogens (tertiary/aromatic N) is 2. The van der Waals surface area contributed by atoms with Crippen LogP contribution < -0.4 is 0 Å². The number of hydrogen-bond donors (Lipinski definition) is 0. The summed E-state index contributed by atoms with van der Waals surface area (Å²) >= 11 is 0.194. The summed E-state index contributed by atoms with van der Waals surface area (Å²) in [5, 5.41) is 0. The molecule has 0 aliphatic carbocycles. The topological polar surface area (TPSA) is 37.9 Å². The first-order valence-electron chi connectivity index (χ1n) is 7.16. The molecule has 0 aliphatic heterocycles. The van der Waals surface area contributed by atoms with Crippen LogP contribution >= 0.6 is 20.2 Å². The maximum absolute atomic E-state index is 13.4. The van der Waals surface area contributed by atoms with E-state index < -0.39 is 11.6 Å². The number of aliphatic imine (C=N–C) groups is 2. The second kappa shape index (κ2) is 10.9. The van der Waals surface area contributed by atoms with E-state index >= 15 is 0 Å². The van der Waals surface area contributed by atoms with Crippen LogP contribution in [-0.2, 0) is 13.1 Å². The average molecular weight is 437 g/mol. The minimum absolute atomic E-state index is 0.194. The van der Waals surface area contributed by atoms with Crippen LogP contribution in [0.15, 0.2) is 75.1 Å². The molecule has 26 heavy (non-hydrogen) atoms. The Morgan fingerprint density at radius 2 is 1.12 bits per heavy atom. The quantitative estimate of drug-likeness (QED) is 0.342. The molecule has 3 rings (SSSR count). The average Bonchev–Trinajstić information content (AvgIpc) is 3.09. The summed E-state index contributed by atoms with van der Waals surface area (Å²) in [5.74, 6) is 0.0831. The molecule has 0 saturated carbocycles. The van der Waals surface area contributed by atoms with Gasteiger partial charge < -0.3 is 4.42 Å². The molecule has 136 valence electrons. The van der Waals surface area contributed by atoms with Crippen LogP contribution in [0.2, 0.25) is 0 Å². The van der Waals surface area contributed by atoms with Crippen LogP contribution in [0, 0.1) is 11.6 Å². The number of halogens is 4. The van der Waals surface area contributed by atoms with E-state index in [1.165, 1.54) is 24.6 Å². The molecule has 1 heterocycles. The fraction of sp³-hybridized carbons (Fsp3) is 0. The predicted octanol–water partition coefficient (Wildman–Crippen LogP) is 6.44. The fourth-order valence-corrected chi connectivity index (χ4v) is 1.89. The van der Waals surface area contributed by atoms with Gasteiger partial charge in [0.2, 0.25) is 0 Å². The Morgan fingerprint density at radius 1 is 0.731 bits per heavy atom. The molecular formula is C18H12Cl2F2FeN2O. The normalized spacial score (nSPS) is 11.1. The number of rotatable bonds is 4. The molecule has 0 unspecified atom stereocenters. The van der Waals surface area contributed by atoms with Crippen LogP contribution in [0.5, 0.6) is 0 Å². The van der Waals surface area contributed by atoms with E-state index in [9.17, 15) is 8.78 Å². The molecule has 1 aromatic heterocycles. The molecular weight excluding hydrogens is 425 g/mol. The minimum atomic E-state index is -0.406. The first-order valence-corrected chi connectivity index (χ1v) is 10.2. The Labute approximate surface area is 164 Å². The van der Waals surface area contributed by atoms with Crippen LogP contribution in [0.1, 0.15) is 11.5 Å². The van der Waals surface area contributed by atoms with Gasteiger partial charge in [-0.3, -0.25) is 0 Å². The molecule has 0 fully saturated rings. The van der Waals surface area contributed by atoms with E-state index in [2.05, 4.69) is 9.98 Å². The molecule has 3 nitrogen and oxygen atoms in total. The van der Waals surface area contributed by atoms with E-state index in [0.717, 1.165) is 0 Å². The summed E-state index contributed by atoms with van der Waals surface area (Å²) in [7, 11) is 9.53. The van der Waals surface area contributed by atoms with Crippen LogP contribution in [0.25, 0.3) is 0 Å². The van der Waals surface area contributed by atoms with Crippen molar-refractivity contribution < 1.29 is 26.3 Å². The number of furan rings is 1. The van der Waals surface area contributed by atoms with Crippen molar-refractivity contribution in [2.45, 2.75) is 0 Å². The van der Waals surface area contributed by atoms with Gasteiger partial charge in [-0.05, 0) is 36.4 Å². The van der Waals surface area contributed by atoms with Crippen LogP contribution in [0.4, 0.5) is 20.2 Å². The Bertz CT molecular complexity index is 830. The van der Waals surface area contributed by atoms with Gasteiger partial charge in [-0.1, -0.05) is 24.3 Å². The van der Waals surface area contributed by atoms with Gasteiger partial charge in [-0.15, -0.1) is 0 Å². The third kappa shape index (κ3) is 6.39. The van der Waals surface area contributed by atoms with Crippen molar-refractivity contribution in [1.29, 1.82) is 0 Å². The first kappa shape index (κ1) is 20.3. The van der Waals surface area contributed by atoms with Gasteiger partial charge in [0.1, 0.15) is 23.2 Å². The van der Waals surface area contributed by atoms with E-state index in [0.29, 0.717) is 11.5 Å². The number of para-hydroxylation sites is 2. The third-order valence-electron chi connectivity index (χ3n) is 3.01. The van der Waals surface area contributed by atoms with E-state index in [1.807, 2.05) is 0 Å². The summed E-state index contributed by atoms with van der Waals surface area (Å²) in [6, 6.07) is 15.7. The van der Waals surface area contributed by atoms with Crippen molar-refractivity contribution >= 4 is 44.0 Å². The van der Waals surface area contributed by atoms with Crippen molar-refractivity contribution in [3.63, 3.8) is 0 Å². The van der Waals surface area contributed by atoms with Crippen molar-refractivity contribution in [1.82, 2.24) is 0 Å². The second-order valence-corrected chi connectivity index (χ2v) is 6.53. The van der Waals surface area contributed by atoms with Crippen LogP contribution in [-0.4, -0.2) is 12.4 Å². The molecule has 0 amide bonds. The molecule has 0 atom stereocenters. The van der Waals surface area contributed by atoms with E-state index in [1.54, 1.807) is 48.5 Å². The summed E-state index contributed by atoms with van der Waals surface area (Å²) in [4.78, 5) is 8.05. The molecule has 8 heteroatoms. The van der Waals surface area contributed by atoms with Gasteiger partial charge in [0.15, 0.2) is 0 Å². The van der Waals surface area contributed by atoms with Gasteiger partial charge in [-0.2, -0.15) is 0 Å². The number of benzene rings is 2. The van der Waals surface area contributed by atoms with Gasteiger partial charge in [0.05, 0.1) is 23.8 Å². The molecule has 3 aromatic rings. The van der Waals surface area contributed by atoms with Gasteiger partial charge in [0.25, 0.3) is 0 Å². The van der Waals surface area contributed by atoms with Gasteiger partial charge in [0, 0.05) is 0 Å². The predicted molar refractivity (Wildman–Crippen MR) is 97.7 cm³/mol. The molecule has 0 radical (unpaired) electrons. The molecule has 0 bridgehead atoms. The second-order valence-electron chi connectivity index (χ2n) is 4.71. The zero-order valence-electron chi connectivity index (χ0n) is 13.1. The van der Waals surface area contributed by atoms with Crippen molar-refractivity contribution in [2.75, 3.05) is 0 Å². The zero-order valence-corrected chi connectivity index (χ0v) is 15.7.